The van der Waals surface area contributed by atoms with Crippen LogP contribution >= 0.6 is 0 Å². The minimum atomic E-state index is -0.679. The third kappa shape index (κ3) is 3.35. The molecule has 3 atom stereocenters. The fraction of sp³-hybridized carbons (Fsp3) is 0.278. The molecule has 1 aliphatic heterocycles. The van der Waals surface area contributed by atoms with Crippen LogP contribution in [0.1, 0.15) is 15.9 Å². The smallest absolute Gasteiger partial charge is 0.338 e. The van der Waals surface area contributed by atoms with Gasteiger partial charge in [-0.1, -0.05) is 48.5 Å². The quantitative estimate of drug-likeness (QED) is 0.845. The molecule has 2 aromatic carbocycles. The largest absolute Gasteiger partial charge is 0.454 e. The summed E-state index contributed by atoms with van der Waals surface area (Å²) in [4.78, 5) is 12.2. The standard InChI is InChI=1S/C18H19NO3/c20-16-12-19-15(11-13-7-3-1-4-8-13)17(16)22-18(21)14-9-5-2-6-10-14/h1-10,15-17,19-20H,11-12H2/t15-,16+,17+/m1/s1. The molecule has 0 amide bonds. The van der Waals surface area contributed by atoms with Gasteiger partial charge in [0, 0.05) is 6.54 Å². The SMILES string of the molecule is O=C(O[C@@H]1[C@@H](O)CN[C@@H]1Cc1ccccc1)c1ccccc1. The van der Waals surface area contributed by atoms with Crippen molar-refractivity contribution in [3.8, 4) is 0 Å². The summed E-state index contributed by atoms with van der Waals surface area (Å²) >= 11 is 0. The van der Waals surface area contributed by atoms with E-state index in [-0.39, 0.29) is 6.04 Å². The van der Waals surface area contributed by atoms with Gasteiger partial charge in [0.15, 0.2) is 0 Å². The van der Waals surface area contributed by atoms with Crippen molar-refractivity contribution in [1.29, 1.82) is 0 Å². The number of hydrogen-bond acceptors (Lipinski definition) is 4. The van der Waals surface area contributed by atoms with Gasteiger partial charge in [0.05, 0.1) is 11.6 Å². The second kappa shape index (κ2) is 6.73. The van der Waals surface area contributed by atoms with Crippen LogP contribution in [0.2, 0.25) is 0 Å². The zero-order chi connectivity index (χ0) is 15.4. The lowest BCUT2D eigenvalue weighted by molar-refractivity contribution is -0.00776. The molecular formula is C18H19NO3. The first-order chi connectivity index (χ1) is 10.7. The molecule has 22 heavy (non-hydrogen) atoms. The van der Waals surface area contributed by atoms with Crippen molar-refractivity contribution in [3.63, 3.8) is 0 Å². The maximum absolute atomic E-state index is 12.2. The van der Waals surface area contributed by atoms with Crippen molar-refractivity contribution < 1.29 is 14.6 Å². The van der Waals surface area contributed by atoms with Crippen LogP contribution in [0.3, 0.4) is 0 Å². The molecule has 1 fully saturated rings. The van der Waals surface area contributed by atoms with Gasteiger partial charge in [0.25, 0.3) is 0 Å². The Morgan fingerprint density at radius 2 is 1.73 bits per heavy atom. The normalized spacial score (nSPS) is 24.1. The van der Waals surface area contributed by atoms with Gasteiger partial charge in [-0.3, -0.25) is 0 Å². The fourth-order valence-electron chi connectivity index (χ4n) is 2.76. The summed E-state index contributed by atoms with van der Waals surface area (Å²) in [6, 6.07) is 18.8. The van der Waals surface area contributed by atoms with Crippen LogP contribution in [0.4, 0.5) is 0 Å². The number of nitrogens with one attached hydrogen (secondary N) is 1. The van der Waals surface area contributed by atoms with Crippen LogP contribution in [0.25, 0.3) is 0 Å². The summed E-state index contributed by atoms with van der Waals surface area (Å²) in [6.07, 6.45) is -0.501. The Morgan fingerprint density at radius 1 is 1.09 bits per heavy atom. The number of aliphatic hydroxyl groups excluding tert-OH is 1. The van der Waals surface area contributed by atoms with Crippen molar-refractivity contribution in [2.24, 2.45) is 0 Å². The average Bonchev–Trinajstić information content (AvgIpc) is 2.90. The Hall–Kier alpha value is -2.17. The molecule has 4 nitrogen and oxygen atoms in total. The van der Waals surface area contributed by atoms with Crippen LogP contribution < -0.4 is 5.32 Å². The molecule has 114 valence electrons. The summed E-state index contributed by atoms with van der Waals surface area (Å²) in [7, 11) is 0. The fourth-order valence-corrected chi connectivity index (χ4v) is 2.76. The molecular weight excluding hydrogens is 278 g/mol. The zero-order valence-electron chi connectivity index (χ0n) is 12.2. The van der Waals surface area contributed by atoms with E-state index in [4.69, 9.17) is 4.74 Å². The molecule has 2 N–H and O–H groups in total. The minimum absolute atomic E-state index is 0.0786. The predicted octanol–water partition coefficient (Wildman–Crippen LogP) is 1.79. The van der Waals surface area contributed by atoms with Crippen LogP contribution in [-0.2, 0) is 11.2 Å². The summed E-state index contributed by atoms with van der Waals surface area (Å²) in [6.45, 7) is 0.435. The molecule has 0 saturated carbocycles. The lowest BCUT2D eigenvalue weighted by Crippen LogP contribution is -2.38. The number of benzene rings is 2. The minimum Gasteiger partial charge on any atom is -0.454 e. The first-order valence-corrected chi connectivity index (χ1v) is 7.45. The first-order valence-electron chi connectivity index (χ1n) is 7.45. The first kappa shape index (κ1) is 14.8. The average molecular weight is 297 g/mol. The van der Waals surface area contributed by atoms with Crippen molar-refractivity contribution in [1.82, 2.24) is 5.32 Å². The summed E-state index contributed by atoms with van der Waals surface area (Å²) in [5, 5.41) is 13.3. The summed E-state index contributed by atoms with van der Waals surface area (Å²) in [5.41, 5.74) is 1.65. The molecule has 0 spiro atoms. The highest BCUT2D eigenvalue weighted by Crippen LogP contribution is 2.18. The van der Waals surface area contributed by atoms with Crippen molar-refractivity contribution in [2.75, 3.05) is 6.54 Å². The molecule has 4 heteroatoms. The van der Waals surface area contributed by atoms with E-state index >= 15 is 0 Å². The molecule has 0 unspecified atom stereocenters. The number of carbonyl (C=O) groups excluding carboxylic acids is 1. The van der Waals surface area contributed by atoms with E-state index in [1.54, 1.807) is 24.3 Å². The Balaban J connectivity index is 1.69. The van der Waals surface area contributed by atoms with Gasteiger partial charge in [0.2, 0.25) is 0 Å². The van der Waals surface area contributed by atoms with Crippen LogP contribution in [-0.4, -0.2) is 35.9 Å². The van der Waals surface area contributed by atoms with Crippen LogP contribution in [0.5, 0.6) is 0 Å². The van der Waals surface area contributed by atoms with E-state index in [0.29, 0.717) is 18.5 Å². The second-order valence-corrected chi connectivity index (χ2v) is 5.51. The molecule has 0 aliphatic carbocycles. The van der Waals surface area contributed by atoms with E-state index in [1.165, 1.54) is 0 Å². The van der Waals surface area contributed by atoms with E-state index < -0.39 is 18.2 Å². The van der Waals surface area contributed by atoms with Gasteiger partial charge in [-0.05, 0) is 24.1 Å². The van der Waals surface area contributed by atoms with E-state index in [0.717, 1.165) is 5.56 Å². The number of esters is 1. The summed E-state index contributed by atoms with van der Waals surface area (Å²) < 4.78 is 5.54. The van der Waals surface area contributed by atoms with Gasteiger partial charge in [-0.15, -0.1) is 0 Å². The van der Waals surface area contributed by atoms with Crippen molar-refractivity contribution in [3.05, 3.63) is 71.8 Å². The maximum atomic E-state index is 12.2. The van der Waals surface area contributed by atoms with Gasteiger partial charge in [0.1, 0.15) is 12.2 Å². The Kier molecular flexibility index (Phi) is 4.51. The van der Waals surface area contributed by atoms with Crippen molar-refractivity contribution >= 4 is 5.97 Å². The molecule has 0 radical (unpaired) electrons. The maximum Gasteiger partial charge on any atom is 0.338 e. The zero-order valence-corrected chi connectivity index (χ0v) is 12.2. The highest BCUT2D eigenvalue weighted by molar-refractivity contribution is 5.89. The number of ether oxygens (including phenoxy) is 1. The molecule has 2 aromatic rings. The molecule has 1 aliphatic rings. The number of rotatable bonds is 4. The lowest BCUT2D eigenvalue weighted by Gasteiger charge is -2.22. The van der Waals surface area contributed by atoms with E-state index in [1.807, 2.05) is 36.4 Å². The molecule has 1 heterocycles. The number of aliphatic hydroxyl groups is 1. The van der Waals surface area contributed by atoms with Gasteiger partial charge < -0.3 is 15.2 Å². The predicted molar refractivity (Wildman–Crippen MR) is 83.6 cm³/mol. The van der Waals surface area contributed by atoms with E-state index in [9.17, 15) is 9.90 Å². The number of β-amino-alcohol motifs (C(OH)–C–C–N with tert-alkyl or cyclic N) is 1. The number of carbonyl (C=O) groups is 1. The van der Waals surface area contributed by atoms with E-state index in [2.05, 4.69) is 5.32 Å². The Bertz CT molecular complexity index is 615. The second-order valence-electron chi connectivity index (χ2n) is 5.51. The Morgan fingerprint density at radius 3 is 2.41 bits per heavy atom. The third-order valence-corrected chi connectivity index (χ3v) is 3.92. The third-order valence-electron chi connectivity index (χ3n) is 3.92. The monoisotopic (exact) mass is 297 g/mol. The van der Waals surface area contributed by atoms with Gasteiger partial charge in [-0.2, -0.15) is 0 Å². The van der Waals surface area contributed by atoms with Crippen molar-refractivity contribution in [2.45, 2.75) is 24.7 Å². The highest BCUT2D eigenvalue weighted by atomic mass is 16.6. The highest BCUT2D eigenvalue weighted by Gasteiger charge is 2.37. The Labute approximate surface area is 129 Å². The molecule has 0 bridgehead atoms. The van der Waals surface area contributed by atoms with Gasteiger partial charge >= 0.3 is 5.97 Å². The van der Waals surface area contributed by atoms with Gasteiger partial charge in [-0.25, -0.2) is 4.79 Å². The molecule has 3 rings (SSSR count). The van der Waals surface area contributed by atoms with Crippen LogP contribution in [0.15, 0.2) is 60.7 Å². The number of hydrogen-bond donors (Lipinski definition) is 2. The molecule has 1 saturated heterocycles. The molecule has 0 aromatic heterocycles. The lowest BCUT2D eigenvalue weighted by atomic mass is 10.0. The summed E-state index contributed by atoms with van der Waals surface area (Å²) in [5.74, 6) is -0.397. The topological polar surface area (TPSA) is 58.6 Å². The van der Waals surface area contributed by atoms with Crippen LogP contribution in [0, 0.1) is 0 Å².